The summed E-state index contributed by atoms with van der Waals surface area (Å²) in [7, 11) is 0. The molecular weight excluding hydrogens is 288 g/mol. The van der Waals surface area contributed by atoms with E-state index >= 15 is 0 Å². The Kier molecular flexibility index (Phi) is 3.18. The van der Waals surface area contributed by atoms with Crippen molar-refractivity contribution in [2.24, 2.45) is 0 Å². The van der Waals surface area contributed by atoms with Gasteiger partial charge in [-0.25, -0.2) is 4.98 Å². The average molecular weight is 295 g/mol. The topological polar surface area (TPSA) is 82.5 Å². The van der Waals surface area contributed by atoms with Crippen LogP contribution in [0.3, 0.4) is 0 Å². The van der Waals surface area contributed by atoms with Crippen LogP contribution in [0, 0.1) is 6.92 Å². The average Bonchev–Trinajstić information content (AvgIpc) is 3.01. The van der Waals surface area contributed by atoms with Crippen molar-refractivity contribution in [3.63, 3.8) is 0 Å². The zero-order chi connectivity index (χ0) is 13.2. The van der Waals surface area contributed by atoms with E-state index in [0.717, 1.165) is 10.7 Å². The van der Waals surface area contributed by atoms with Gasteiger partial charge in [-0.2, -0.15) is 24.7 Å². The van der Waals surface area contributed by atoms with Crippen LogP contribution in [-0.2, 0) is 0 Å². The predicted molar refractivity (Wildman–Crippen MR) is 67.3 cm³/mol. The largest absolute Gasteiger partial charge is 0.468 e. The second-order valence-corrected chi connectivity index (χ2v) is 4.82. The molecule has 0 aliphatic rings. The number of hydrogen-bond donors (Lipinski definition) is 0. The zero-order valence-electron chi connectivity index (χ0n) is 9.69. The molecule has 0 amide bonds. The lowest BCUT2D eigenvalue weighted by Crippen LogP contribution is -2.04. The standard InChI is InChI=1S/C10H7ClN6OS/c1-6-7(2-3-18-6)19-10-15-8(11)14-9(16-10)17-5-12-4-13-17/h2-5H,1H3. The van der Waals surface area contributed by atoms with Crippen LogP contribution in [0.15, 0.2) is 39.5 Å². The first-order valence-corrected chi connectivity index (χ1v) is 6.40. The van der Waals surface area contributed by atoms with Crippen molar-refractivity contribution in [2.75, 3.05) is 0 Å². The van der Waals surface area contributed by atoms with Gasteiger partial charge in [0.1, 0.15) is 18.4 Å². The molecule has 0 saturated carbocycles. The molecule has 0 atom stereocenters. The lowest BCUT2D eigenvalue weighted by atomic mass is 10.5. The highest BCUT2D eigenvalue weighted by Gasteiger charge is 2.11. The molecule has 19 heavy (non-hydrogen) atoms. The number of nitrogens with zero attached hydrogens (tertiary/aromatic N) is 6. The van der Waals surface area contributed by atoms with Gasteiger partial charge in [0, 0.05) is 0 Å². The minimum absolute atomic E-state index is 0.101. The smallest absolute Gasteiger partial charge is 0.257 e. The van der Waals surface area contributed by atoms with E-state index in [1.54, 1.807) is 6.26 Å². The molecule has 3 rings (SSSR count). The molecule has 0 unspecified atom stereocenters. The molecule has 0 spiro atoms. The Balaban J connectivity index is 1.96. The molecule has 9 heteroatoms. The van der Waals surface area contributed by atoms with Gasteiger partial charge >= 0.3 is 0 Å². The summed E-state index contributed by atoms with van der Waals surface area (Å²) >= 11 is 7.23. The van der Waals surface area contributed by atoms with E-state index in [9.17, 15) is 0 Å². The van der Waals surface area contributed by atoms with E-state index in [-0.39, 0.29) is 5.28 Å². The van der Waals surface area contributed by atoms with Gasteiger partial charge in [-0.3, -0.25) is 0 Å². The Hall–Kier alpha value is -1.93. The molecule has 7 nitrogen and oxygen atoms in total. The van der Waals surface area contributed by atoms with Crippen molar-refractivity contribution in [3.8, 4) is 5.95 Å². The molecule has 0 aliphatic carbocycles. The van der Waals surface area contributed by atoms with Crippen LogP contribution in [0.2, 0.25) is 5.28 Å². The molecule has 0 aliphatic heterocycles. The van der Waals surface area contributed by atoms with Gasteiger partial charge in [0.2, 0.25) is 5.28 Å². The maximum Gasteiger partial charge on any atom is 0.257 e. The molecule has 0 aromatic carbocycles. The number of aromatic nitrogens is 6. The Labute approximate surface area is 117 Å². The molecular formula is C10H7ClN6OS. The summed E-state index contributed by atoms with van der Waals surface area (Å²) < 4.78 is 6.63. The van der Waals surface area contributed by atoms with E-state index in [2.05, 4.69) is 25.0 Å². The second-order valence-electron chi connectivity index (χ2n) is 3.47. The normalized spacial score (nSPS) is 10.8. The first-order chi connectivity index (χ1) is 9.22. The van der Waals surface area contributed by atoms with Crippen molar-refractivity contribution in [1.82, 2.24) is 29.7 Å². The van der Waals surface area contributed by atoms with Crippen LogP contribution in [0.5, 0.6) is 0 Å². The monoisotopic (exact) mass is 294 g/mol. The fourth-order valence-corrected chi connectivity index (χ4v) is 2.34. The van der Waals surface area contributed by atoms with Crippen molar-refractivity contribution in [2.45, 2.75) is 17.0 Å². The number of aryl methyl sites for hydroxylation is 1. The summed E-state index contributed by atoms with van der Waals surface area (Å²) in [5.41, 5.74) is 0. The number of furan rings is 1. The van der Waals surface area contributed by atoms with Crippen LogP contribution in [-0.4, -0.2) is 29.7 Å². The Morgan fingerprint density at radius 3 is 2.89 bits per heavy atom. The molecule has 3 aromatic rings. The Morgan fingerprint density at radius 2 is 2.21 bits per heavy atom. The summed E-state index contributed by atoms with van der Waals surface area (Å²) in [5, 5.41) is 4.52. The molecule has 3 heterocycles. The fourth-order valence-electron chi connectivity index (χ4n) is 1.36. The summed E-state index contributed by atoms with van der Waals surface area (Å²) in [6, 6.07) is 1.84. The number of halogens is 1. The minimum Gasteiger partial charge on any atom is -0.468 e. The third-order valence-corrected chi connectivity index (χ3v) is 3.39. The van der Waals surface area contributed by atoms with Gasteiger partial charge in [0.25, 0.3) is 5.95 Å². The molecule has 0 fully saturated rings. The van der Waals surface area contributed by atoms with Crippen LogP contribution >= 0.6 is 23.4 Å². The molecule has 3 aromatic heterocycles. The van der Waals surface area contributed by atoms with Crippen molar-refractivity contribution in [1.29, 1.82) is 0 Å². The third kappa shape index (κ3) is 2.59. The molecule has 96 valence electrons. The van der Waals surface area contributed by atoms with E-state index in [1.165, 1.54) is 29.1 Å². The first kappa shape index (κ1) is 12.1. The highest BCUT2D eigenvalue weighted by molar-refractivity contribution is 7.99. The number of hydrogen-bond acceptors (Lipinski definition) is 7. The third-order valence-electron chi connectivity index (χ3n) is 2.21. The quantitative estimate of drug-likeness (QED) is 0.732. The lowest BCUT2D eigenvalue weighted by molar-refractivity contribution is 0.527. The summed E-state index contributed by atoms with van der Waals surface area (Å²) in [4.78, 5) is 17.1. The van der Waals surface area contributed by atoms with Crippen LogP contribution in [0.1, 0.15) is 5.76 Å². The minimum atomic E-state index is 0.101. The van der Waals surface area contributed by atoms with Gasteiger partial charge < -0.3 is 4.42 Å². The van der Waals surface area contributed by atoms with E-state index in [1.807, 2.05) is 13.0 Å². The van der Waals surface area contributed by atoms with Gasteiger partial charge in [-0.05, 0) is 36.4 Å². The maximum atomic E-state index is 5.89. The highest BCUT2D eigenvalue weighted by Crippen LogP contribution is 2.28. The Bertz CT molecular complexity index is 698. The Morgan fingerprint density at radius 1 is 1.32 bits per heavy atom. The van der Waals surface area contributed by atoms with Crippen LogP contribution < -0.4 is 0 Å². The van der Waals surface area contributed by atoms with E-state index in [4.69, 9.17) is 16.0 Å². The molecule has 0 N–H and O–H groups in total. The van der Waals surface area contributed by atoms with Gasteiger partial charge in [0.05, 0.1) is 11.2 Å². The van der Waals surface area contributed by atoms with Gasteiger partial charge in [-0.15, -0.1) is 0 Å². The van der Waals surface area contributed by atoms with Gasteiger partial charge in [0.15, 0.2) is 5.16 Å². The van der Waals surface area contributed by atoms with Crippen LogP contribution in [0.4, 0.5) is 0 Å². The second kappa shape index (κ2) is 4.98. The van der Waals surface area contributed by atoms with Gasteiger partial charge in [-0.1, -0.05) is 0 Å². The predicted octanol–water partition coefficient (Wildman–Crippen LogP) is 2.16. The zero-order valence-corrected chi connectivity index (χ0v) is 11.3. The van der Waals surface area contributed by atoms with Crippen molar-refractivity contribution in [3.05, 3.63) is 36.0 Å². The lowest BCUT2D eigenvalue weighted by Gasteiger charge is -2.02. The molecule has 0 bridgehead atoms. The number of rotatable bonds is 3. The highest BCUT2D eigenvalue weighted by atomic mass is 35.5. The summed E-state index contributed by atoms with van der Waals surface area (Å²) in [5.74, 6) is 1.12. The SMILES string of the molecule is Cc1occc1Sc1nc(Cl)nc(-n2cncn2)n1. The van der Waals surface area contributed by atoms with Crippen LogP contribution in [0.25, 0.3) is 5.95 Å². The summed E-state index contributed by atoms with van der Waals surface area (Å²) in [6.07, 6.45) is 4.49. The van der Waals surface area contributed by atoms with Crippen molar-refractivity contribution < 1.29 is 4.42 Å². The molecule has 0 saturated heterocycles. The van der Waals surface area contributed by atoms with E-state index in [0.29, 0.717) is 11.1 Å². The molecule has 0 radical (unpaired) electrons. The van der Waals surface area contributed by atoms with Crippen molar-refractivity contribution >= 4 is 23.4 Å². The summed E-state index contributed by atoms with van der Waals surface area (Å²) in [6.45, 7) is 1.86. The maximum absolute atomic E-state index is 5.89. The van der Waals surface area contributed by atoms with E-state index < -0.39 is 0 Å². The first-order valence-electron chi connectivity index (χ1n) is 5.21. The fraction of sp³-hybridized carbons (Fsp3) is 0.100.